The third kappa shape index (κ3) is 3.70. The molecule has 0 saturated carbocycles. The first-order valence-corrected chi connectivity index (χ1v) is 6.04. The van der Waals surface area contributed by atoms with Crippen LogP contribution in [0, 0.1) is 5.41 Å². The van der Waals surface area contributed by atoms with Crippen LogP contribution in [0.25, 0.3) is 0 Å². The summed E-state index contributed by atoms with van der Waals surface area (Å²) in [5.41, 5.74) is 2.10. The monoisotopic (exact) mass is 271 g/mol. The van der Waals surface area contributed by atoms with Gasteiger partial charge >= 0.3 is 0 Å². The normalized spacial score (nSPS) is 10.1. The molecule has 0 bridgehead atoms. The Labute approximate surface area is 117 Å². The topological polar surface area (TPSA) is 81.4 Å². The lowest BCUT2D eigenvalue weighted by molar-refractivity contribution is 0.474. The molecule has 2 rings (SSSR count). The number of rotatable bonds is 2. The minimum atomic E-state index is -0.151. The molecular weight excluding hydrogens is 254 g/mol. The lowest BCUT2D eigenvalue weighted by atomic mass is 9.78. The van der Waals surface area contributed by atoms with Crippen molar-refractivity contribution in [2.75, 3.05) is 0 Å². The highest BCUT2D eigenvalue weighted by Gasteiger charge is 2.22. The summed E-state index contributed by atoms with van der Waals surface area (Å²) in [5.74, 6) is 0.547. The average molecular weight is 271 g/mol. The lowest BCUT2D eigenvalue weighted by Gasteiger charge is -2.26. The second kappa shape index (κ2) is 6.55. The molecule has 2 aromatic carbocycles. The third-order valence-electron chi connectivity index (χ3n) is 3.18. The van der Waals surface area contributed by atoms with E-state index in [2.05, 4.69) is 13.8 Å². The molecule has 0 fully saturated rings. The van der Waals surface area contributed by atoms with Crippen LogP contribution in [0.15, 0.2) is 48.5 Å². The SMILES string of the molecule is CC(C)(c1ccc(O)cc1)c1ccc(O)cc1.N=C=O. The second-order valence-electron chi connectivity index (χ2n) is 4.82. The molecule has 104 valence electrons. The first-order chi connectivity index (χ1) is 9.41. The number of phenols is 2. The highest BCUT2D eigenvalue weighted by atomic mass is 16.3. The van der Waals surface area contributed by atoms with E-state index in [-0.39, 0.29) is 16.9 Å². The van der Waals surface area contributed by atoms with Crippen LogP contribution in [0.5, 0.6) is 11.5 Å². The smallest absolute Gasteiger partial charge is 0.231 e. The molecule has 4 nitrogen and oxygen atoms in total. The van der Waals surface area contributed by atoms with Crippen LogP contribution in [-0.2, 0) is 10.2 Å². The molecule has 0 unspecified atom stereocenters. The molecule has 0 radical (unpaired) electrons. The predicted molar refractivity (Wildman–Crippen MR) is 76.8 cm³/mol. The number of carbonyl (C=O) groups excluding carboxylic acids is 1. The summed E-state index contributed by atoms with van der Waals surface area (Å²) in [6, 6.07) is 14.4. The van der Waals surface area contributed by atoms with Crippen LogP contribution in [0.1, 0.15) is 25.0 Å². The number of aromatic hydroxyl groups is 2. The van der Waals surface area contributed by atoms with Gasteiger partial charge in [-0.3, -0.25) is 0 Å². The average Bonchev–Trinajstić information content (AvgIpc) is 2.40. The maximum absolute atomic E-state index is 9.30. The number of hydrogen-bond donors (Lipinski definition) is 3. The Hall–Kier alpha value is -2.58. The van der Waals surface area contributed by atoms with Crippen LogP contribution >= 0.6 is 0 Å². The molecule has 0 aromatic heterocycles. The Bertz CT molecular complexity index is 533. The van der Waals surface area contributed by atoms with Crippen LogP contribution in [0.2, 0.25) is 0 Å². The van der Waals surface area contributed by atoms with Crippen molar-refractivity contribution in [1.82, 2.24) is 0 Å². The van der Waals surface area contributed by atoms with Crippen molar-refractivity contribution < 1.29 is 15.0 Å². The Kier molecular flexibility index (Phi) is 5.07. The van der Waals surface area contributed by atoms with Crippen molar-refractivity contribution >= 4 is 6.08 Å². The maximum atomic E-state index is 9.30. The highest BCUT2D eigenvalue weighted by Crippen LogP contribution is 2.32. The Morgan fingerprint density at radius 1 is 0.850 bits per heavy atom. The molecular formula is C16H17NO3. The number of hydrogen-bond acceptors (Lipinski definition) is 4. The van der Waals surface area contributed by atoms with Gasteiger partial charge in [0.05, 0.1) is 0 Å². The zero-order valence-electron chi connectivity index (χ0n) is 11.4. The summed E-state index contributed by atoms with van der Waals surface area (Å²) in [4.78, 5) is 8.35. The zero-order chi connectivity index (χ0) is 15.2. The molecule has 0 atom stereocenters. The molecule has 20 heavy (non-hydrogen) atoms. The molecule has 0 amide bonds. The Morgan fingerprint density at radius 2 is 1.10 bits per heavy atom. The van der Waals surface area contributed by atoms with E-state index in [0.29, 0.717) is 0 Å². The molecule has 0 aliphatic carbocycles. The van der Waals surface area contributed by atoms with Crippen molar-refractivity contribution in [1.29, 1.82) is 5.41 Å². The molecule has 0 aliphatic rings. The largest absolute Gasteiger partial charge is 0.508 e. The van der Waals surface area contributed by atoms with Crippen molar-refractivity contribution in [3.8, 4) is 11.5 Å². The van der Waals surface area contributed by atoms with E-state index in [1.165, 1.54) is 0 Å². The third-order valence-corrected chi connectivity index (χ3v) is 3.18. The van der Waals surface area contributed by atoms with Gasteiger partial charge in [-0.05, 0) is 35.4 Å². The van der Waals surface area contributed by atoms with Gasteiger partial charge in [-0.25, -0.2) is 10.2 Å². The van der Waals surface area contributed by atoms with E-state index in [4.69, 9.17) is 10.2 Å². The lowest BCUT2D eigenvalue weighted by Crippen LogP contribution is -2.18. The van der Waals surface area contributed by atoms with Crippen molar-refractivity contribution in [2.24, 2.45) is 0 Å². The molecule has 4 heteroatoms. The van der Waals surface area contributed by atoms with E-state index >= 15 is 0 Å². The van der Waals surface area contributed by atoms with Gasteiger partial charge in [0.1, 0.15) is 11.5 Å². The standard InChI is InChI=1S/C15H16O2.CHNO/c1-15(2,11-3-7-13(16)8-4-11)12-5-9-14(17)10-6-12;2-1-3/h3-10,16-17H,1-2H3;2H. The van der Waals surface area contributed by atoms with Crippen LogP contribution in [0.3, 0.4) is 0 Å². The van der Waals surface area contributed by atoms with Gasteiger partial charge in [-0.1, -0.05) is 38.1 Å². The van der Waals surface area contributed by atoms with E-state index < -0.39 is 0 Å². The van der Waals surface area contributed by atoms with Gasteiger partial charge < -0.3 is 10.2 Å². The number of phenolic OH excluding ortho intramolecular Hbond substituents is 2. The van der Waals surface area contributed by atoms with E-state index in [1.807, 2.05) is 24.3 Å². The number of nitrogens with one attached hydrogen (secondary N) is 1. The fourth-order valence-electron chi connectivity index (χ4n) is 1.92. The van der Waals surface area contributed by atoms with Crippen LogP contribution in [0.4, 0.5) is 0 Å². The van der Waals surface area contributed by atoms with Crippen LogP contribution in [-0.4, -0.2) is 16.3 Å². The summed E-state index contributed by atoms with van der Waals surface area (Å²) in [5, 5.41) is 24.0. The minimum absolute atomic E-state index is 0.151. The number of isocyanates is 1. The summed E-state index contributed by atoms with van der Waals surface area (Å²) in [6.07, 6.45) is 0.750. The molecule has 2 aromatic rings. The maximum Gasteiger partial charge on any atom is 0.231 e. The quantitative estimate of drug-likeness (QED) is 0.579. The van der Waals surface area contributed by atoms with E-state index in [1.54, 1.807) is 24.3 Å². The van der Waals surface area contributed by atoms with Crippen molar-refractivity contribution in [3.05, 3.63) is 59.7 Å². The predicted octanol–water partition coefficient (Wildman–Crippen LogP) is 3.32. The Balaban J connectivity index is 0.000000612. The van der Waals surface area contributed by atoms with Crippen LogP contribution < -0.4 is 0 Å². The summed E-state index contributed by atoms with van der Waals surface area (Å²) >= 11 is 0. The minimum Gasteiger partial charge on any atom is -0.508 e. The van der Waals surface area contributed by atoms with Crippen molar-refractivity contribution in [3.63, 3.8) is 0 Å². The van der Waals surface area contributed by atoms with Gasteiger partial charge in [0.15, 0.2) is 0 Å². The van der Waals surface area contributed by atoms with Gasteiger partial charge in [-0.15, -0.1) is 0 Å². The zero-order valence-corrected chi connectivity index (χ0v) is 11.4. The first kappa shape index (κ1) is 15.5. The fraction of sp³-hybridized carbons (Fsp3) is 0.188. The molecule has 3 N–H and O–H groups in total. The Morgan fingerprint density at radius 3 is 1.35 bits per heavy atom. The summed E-state index contributed by atoms with van der Waals surface area (Å²) in [7, 11) is 0. The summed E-state index contributed by atoms with van der Waals surface area (Å²) in [6.45, 7) is 4.23. The van der Waals surface area contributed by atoms with Gasteiger partial charge in [-0.2, -0.15) is 0 Å². The van der Waals surface area contributed by atoms with Gasteiger partial charge in [0.2, 0.25) is 6.08 Å². The van der Waals surface area contributed by atoms with E-state index in [0.717, 1.165) is 17.2 Å². The molecule has 0 saturated heterocycles. The molecule has 0 spiro atoms. The molecule has 0 heterocycles. The highest BCUT2D eigenvalue weighted by molar-refractivity contribution is 5.41. The van der Waals surface area contributed by atoms with Gasteiger partial charge in [0.25, 0.3) is 0 Å². The first-order valence-electron chi connectivity index (χ1n) is 6.04. The summed E-state index contributed by atoms with van der Waals surface area (Å²) < 4.78 is 0. The van der Waals surface area contributed by atoms with Crippen molar-refractivity contribution in [2.45, 2.75) is 19.3 Å². The fourth-order valence-corrected chi connectivity index (χ4v) is 1.92. The van der Waals surface area contributed by atoms with Gasteiger partial charge in [0, 0.05) is 5.41 Å². The van der Waals surface area contributed by atoms with E-state index in [9.17, 15) is 10.2 Å². The second-order valence-corrected chi connectivity index (χ2v) is 4.82. The number of benzene rings is 2. The molecule has 0 aliphatic heterocycles.